The molecule has 21 heavy (non-hydrogen) atoms. The Labute approximate surface area is 130 Å². The standard InChI is InChI=1S/C19H32O2/c1-15-7-3-4-8-17(15)21-18(20)16-9-13-19(14-10-16)11-5-2-6-12-19/h15-17H,2-14H2,1H3. The number of rotatable bonds is 2. The Morgan fingerprint density at radius 3 is 2.19 bits per heavy atom. The van der Waals surface area contributed by atoms with Gasteiger partial charge in [-0.25, -0.2) is 0 Å². The first-order valence-corrected chi connectivity index (χ1v) is 9.39. The quantitative estimate of drug-likeness (QED) is 0.650. The fourth-order valence-corrected chi connectivity index (χ4v) is 4.97. The van der Waals surface area contributed by atoms with E-state index in [0.29, 0.717) is 11.3 Å². The van der Waals surface area contributed by atoms with E-state index in [9.17, 15) is 4.79 Å². The van der Waals surface area contributed by atoms with Gasteiger partial charge in [0, 0.05) is 0 Å². The zero-order valence-corrected chi connectivity index (χ0v) is 13.7. The summed E-state index contributed by atoms with van der Waals surface area (Å²) in [6.45, 7) is 2.25. The molecule has 0 aromatic carbocycles. The lowest BCUT2D eigenvalue weighted by atomic mass is 9.63. The van der Waals surface area contributed by atoms with Crippen molar-refractivity contribution in [1.29, 1.82) is 0 Å². The number of esters is 1. The van der Waals surface area contributed by atoms with Gasteiger partial charge in [-0.2, -0.15) is 0 Å². The third-order valence-corrected chi connectivity index (χ3v) is 6.59. The van der Waals surface area contributed by atoms with E-state index in [0.717, 1.165) is 19.3 Å². The van der Waals surface area contributed by atoms with Crippen molar-refractivity contribution in [2.75, 3.05) is 0 Å². The van der Waals surface area contributed by atoms with Crippen LogP contribution in [0.5, 0.6) is 0 Å². The van der Waals surface area contributed by atoms with E-state index >= 15 is 0 Å². The predicted molar refractivity (Wildman–Crippen MR) is 85.0 cm³/mol. The van der Waals surface area contributed by atoms with Gasteiger partial charge in [0.1, 0.15) is 6.10 Å². The van der Waals surface area contributed by atoms with Crippen LogP contribution in [0.2, 0.25) is 0 Å². The van der Waals surface area contributed by atoms with Crippen molar-refractivity contribution in [3.63, 3.8) is 0 Å². The second-order valence-electron chi connectivity index (χ2n) is 8.07. The maximum atomic E-state index is 12.5. The van der Waals surface area contributed by atoms with E-state index in [2.05, 4.69) is 6.92 Å². The van der Waals surface area contributed by atoms with E-state index in [1.807, 2.05) is 0 Å². The molecule has 2 atom stereocenters. The Kier molecular flexibility index (Phi) is 4.91. The summed E-state index contributed by atoms with van der Waals surface area (Å²) in [5.41, 5.74) is 0.604. The van der Waals surface area contributed by atoms with Crippen LogP contribution in [0.25, 0.3) is 0 Å². The number of hydrogen-bond donors (Lipinski definition) is 0. The minimum absolute atomic E-state index is 0.124. The highest BCUT2D eigenvalue weighted by molar-refractivity contribution is 5.72. The zero-order chi connectivity index (χ0) is 14.7. The zero-order valence-electron chi connectivity index (χ0n) is 13.7. The van der Waals surface area contributed by atoms with Crippen molar-refractivity contribution in [3.05, 3.63) is 0 Å². The molecule has 3 fully saturated rings. The summed E-state index contributed by atoms with van der Waals surface area (Å²) in [5, 5.41) is 0. The monoisotopic (exact) mass is 292 g/mol. The Balaban J connectivity index is 1.48. The SMILES string of the molecule is CC1CCCCC1OC(=O)C1CCC2(CCCCC2)CC1. The van der Waals surface area contributed by atoms with E-state index in [1.54, 1.807) is 0 Å². The Bertz CT molecular complexity index is 347. The first-order valence-electron chi connectivity index (χ1n) is 9.39. The van der Waals surface area contributed by atoms with E-state index in [1.165, 1.54) is 64.2 Å². The molecule has 3 aliphatic carbocycles. The molecule has 0 heterocycles. The third kappa shape index (κ3) is 3.63. The molecule has 0 bridgehead atoms. The maximum absolute atomic E-state index is 12.5. The molecule has 2 nitrogen and oxygen atoms in total. The maximum Gasteiger partial charge on any atom is 0.309 e. The van der Waals surface area contributed by atoms with Gasteiger partial charge in [0.25, 0.3) is 0 Å². The van der Waals surface area contributed by atoms with Crippen LogP contribution in [0.1, 0.15) is 90.4 Å². The highest BCUT2D eigenvalue weighted by Crippen LogP contribution is 2.49. The van der Waals surface area contributed by atoms with Gasteiger partial charge in [0.15, 0.2) is 0 Å². The molecule has 0 radical (unpaired) electrons. The summed E-state index contributed by atoms with van der Waals surface area (Å²) >= 11 is 0. The summed E-state index contributed by atoms with van der Waals surface area (Å²) in [6, 6.07) is 0. The van der Waals surface area contributed by atoms with Crippen LogP contribution >= 0.6 is 0 Å². The van der Waals surface area contributed by atoms with Crippen molar-refractivity contribution >= 4 is 5.97 Å². The highest BCUT2D eigenvalue weighted by atomic mass is 16.5. The Hall–Kier alpha value is -0.530. The lowest BCUT2D eigenvalue weighted by Gasteiger charge is -2.42. The molecule has 2 unspecified atom stereocenters. The van der Waals surface area contributed by atoms with Crippen LogP contribution in [-0.2, 0) is 9.53 Å². The number of carbonyl (C=O) groups excluding carboxylic acids is 1. The van der Waals surface area contributed by atoms with Gasteiger partial charge in [-0.1, -0.05) is 32.6 Å². The van der Waals surface area contributed by atoms with Gasteiger partial charge in [-0.05, 0) is 69.1 Å². The van der Waals surface area contributed by atoms with Crippen molar-refractivity contribution in [3.8, 4) is 0 Å². The topological polar surface area (TPSA) is 26.3 Å². The normalized spacial score (nSPS) is 33.8. The van der Waals surface area contributed by atoms with Gasteiger partial charge in [-0.15, -0.1) is 0 Å². The van der Waals surface area contributed by atoms with Crippen LogP contribution in [0, 0.1) is 17.3 Å². The molecule has 0 aromatic rings. The minimum Gasteiger partial charge on any atom is -0.462 e. The first kappa shape index (κ1) is 15.4. The van der Waals surface area contributed by atoms with Gasteiger partial charge >= 0.3 is 5.97 Å². The third-order valence-electron chi connectivity index (χ3n) is 6.59. The molecule has 120 valence electrons. The summed E-state index contributed by atoms with van der Waals surface area (Å²) in [4.78, 5) is 12.5. The van der Waals surface area contributed by atoms with Crippen molar-refractivity contribution in [2.24, 2.45) is 17.3 Å². The number of ether oxygens (including phenoxy) is 1. The molecular formula is C19H32O2. The molecule has 0 N–H and O–H groups in total. The summed E-state index contributed by atoms with van der Waals surface area (Å²) < 4.78 is 5.88. The van der Waals surface area contributed by atoms with E-state index in [-0.39, 0.29) is 18.0 Å². The number of hydrogen-bond acceptors (Lipinski definition) is 2. The molecule has 3 saturated carbocycles. The van der Waals surface area contributed by atoms with Gasteiger partial charge in [0.05, 0.1) is 5.92 Å². The van der Waals surface area contributed by atoms with Crippen LogP contribution in [-0.4, -0.2) is 12.1 Å². The lowest BCUT2D eigenvalue weighted by Crippen LogP contribution is -2.35. The van der Waals surface area contributed by atoms with Crippen LogP contribution in [0.15, 0.2) is 0 Å². The molecular weight excluding hydrogens is 260 g/mol. The highest BCUT2D eigenvalue weighted by Gasteiger charge is 2.39. The largest absolute Gasteiger partial charge is 0.462 e. The Morgan fingerprint density at radius 1 is 0.857 bits per heavy atom. The molecule has 0 aromatic heterocycles. The van der Waals surface area contributed by atoms with Gasteiger partial charge in [0.2, 0.25) is 0 Å². The molecule has 0 aliphatic heterocycles. The smallest absolute Gasteiger partial charge is 0.309 e. The minimum atomic E-state index is 0.124. The van der Waals surface area contributed by atoms with Crippen LogP contribution in [0.4, 0.5) is 0 Å². The molecule has 3 rings (SSSR count). The van der Waals surface area contributed by atoms with Crippen LogP contribution in [0.3, 0.4) is 0 Å². The van der Waals surface area contributed by atoms with E-state index < -0.39 is 0 Å². The van der Waals surface area contributed by atoms with Crippen molar-refractivity contribution < 1.29 is 9.53 Å². The average molecular weight is 292 g/mol. The fourth-order valence-electron chi connectivity index (χ4n) is 4.97. The molecule has 0 amide bonds. The molecule has 3 aliphatic rings. The average Bonchev–Trinajstić information content (AvgIpc) is 2.51. The summed E-state index contributed by atoms with van der Waals surface area (Å²) in [5.74, 6) is 0.891. The Morgan fingerprint density at radius 2 is 1.52 bits per heavy atom. The first-order chi connectivity index (χ1) is 10.2. The predicted octanol–water partition coefficient (Wildman–Crippen LogP) is 5.25. The summed E-state index contributed by atoms with van der Waals surface area (Å²) in [7, 11) is 0. The van der Waals surface area contributed by atoms with Crippen molar-refractivity contribution in [2.45, 2.75) is 96.5 Å². The molecule has 0 saturated heterocycles. The van der Waals surface area contributed by atoms with Crippen LogP contribution < -0.4 is 0 Å². The fraction of sp³-hybridized carbons (Fsp3) is 0.947. The number of carbonyl (C=O) groups is 1. The molecule has 1 spiro atoms. The summed E-state index contributed by atoms with van der Waals surface area (Å²) in [6.07, 6.45) is 16.8. The van der Waals surface area contributed by atoms with Crippen molar-refractivity contribution in [1.82, 2.24) is 0 Å². The second kappa shape index (κ2) is 6.71. The lowest BCUT2D eigenvalue weighted by molar-refractivity contribution is -0.160. The van der Waals surface area contributed by atoms with E-state index in [4.69, 9.17) is 4.74 Å². The molecule has 2 heteroatoms. The van der Waals surface area contributed by atoms with Gasteiger partial charge < -0.3 is 4.74 Å². The second-order valence-corrected chi connectivity index (χ2v) is 8.07. The van der Waals surface area contributed by atoms with Gasteiger partial charge in [-0.3, -0.25) is 4.79 Å².